The van der Waals surface area contributed by atoms with Gasteiger partial charge in [-0.3, -0.25) is 4.48 Å². The summed E-state index contributed by atoms with van der Waals surface area (Å²) in [6, 6.07) is 6.00. The fourth-order valence-electron chi connectivity index (χ4n) is 1.50. The lowest BCUT2D eigenvalue weighted by Crippen LogP contribution is -2.34. The lowest BCUT2D eigenvalue weighted by atomic mass is 10.1. The zero-order chi connectivity index (χ0) is 13.1. The number of ether oxygens (including phenoxy) is 1. The first-order valence-corrected chi connectivity index (χ1v) is 5.73. The quantitative estimate of drug-likeness (QED) is 0.818. The van der Waals surface area contributed by atoms with Crippen LogP contribution in [0.2, 0.25) is 0 Å². The Morgan fingerprint density at radius 2 is 2.00 bits per heavy atom. The van der Waals surface area contributed by atoms with Gasteiger partial charge in [0.25, 0.3) is 0 Å². The number of nitrogens with zero attached hydrogens (tertiary/aromatic N) is 1. The topological polar surface area (TPSA) is 38.3 Å². The van der Waals surface area contributed by atoms with Gasteiger partial charge in [0.1, 0.15) is 11.4 Å². The number of hydrogen-bond donors (Lipinski definition) is 1. The molecule has 1 N–H and O–H groups in total. The molecule has 0 fully saturated rings. The highest BCUT2D eigenvalue weighted by Gasteiger charge is 2.16. The molecule has 1 aromatic rings. The van der Waals surface area contributed by atoms with E-state index in [2.05, 4.69) is 32.5 Å². The van der Waals surface area contributed by atoms with Crippen LogP contribution in [0.15, 0.2) is 18.2 Å². The molecule has 17 heavy (non-hydrogen) atoms. The second-order valence-corrected chi connectivity index (χ2v) is 4.80. The molecule has 0 saturated heterocycles. The minimum atomic E-state index is -0.432. The molecule has 0 spiro atoms. The Balaban J connectivity index is 3.11. The van der Waals surface area contributed by atoms with E-state index in [1.807, 2.05) is 19.1 Å². The van der Waals surface area contributed by atoms with Crippen LogP contribution in [0.4, 0.5) is 10.5 Å². The number of amides is 1. The first-order chi connectivity index (χ1) is 7.88. The van der Waals surface area contributed by atoms with Crippen LogP contribution in [0.1, 0.15) is 12.5 Å². The van der Waals surface area contributed by atoms with E-state index in [4.69, 9.17) is 4.74 Å². The van der Waals surface area contributed by atoms with Gasteiger partial charge in [-0.15, -0.1) is 0 Å². The average molecular weight is 237 g/mol. The Bertz CT molecular complexity index is 408. The third-order valence-electron chi connectivity index (χ3n) is 2.61. The third-order valence-corrected chi connectivity index (χ3v) is 2.61. The maximum Gasteiger partial charge on any atom is 0.412 e. The molecule has 1 rings (SSSR count). The zero-order valence-electron chi connectivity index (χ0n) is 11.2. The van der Waals surface area contributed by atoms with Crippen molar-refractivity contribution in [3.05, 3.63) is 23.8 Å². The van der Waals surface area contributed by atoms with Gasteiger partial charge >= 0.3 is 6.09 Å². The first kappa shape index (κ1) is 13.5. The summed E-state index contributed by atoms with van der Waals surface area (Å²) in [5.41, 5.74) is 2.13. The summed E-state index contributed by atoms with van der Waals surface area (Å²) in [5.74, 6) is 0.636. The molecule has 4 heteroatoms. The molecule has 0 radical (unpaired) electrons. The minimum Gasteiger partial charge on any atom is -0.410 e. The number of quaternary nitrogens is 1. The van der Waals surface area contributed by atoms with E-state index in [1.165, 1.54) is 0 Å². The minimum absolute atomic E-state index is 0.432. The lowest BCUT2D eigenvalue weighted by Gasteiger charge is -2.24. The van der Waals surface area contributed by atoms with Crippen molar-refractivity contribution in [2.45, 2.75) is 13.3 Å². The van der Waals surface area contributed by atoms with Gasteiger partial charge in [0, 0.05) is 13.1 Å². The summed E-state index contributed by atoms with van der Waals surface area (Å²) < 4.78 is 5.95. The number of rotatable bonds is 3. The predicted molar refractivity (Wildman–Crippen MR) is 70.5 cm³/mol. The standard InChI is InChI=1S/C13H20N2O2/c1-6-10-7-8-11(15(3,4)5)9-12(10)17-13(16)14-2/h7-9H,6H2,1-5H3/p+1. The monoisotopic (exact) mass is 237 g/mol. The molecule has 0 atom stereocenters. The van der Waals surface area contributed by atoms with Gasteiger partial charge < -0.3 is 10.1 Å². The third kappa shape index (κ3) is 3.46. The van der Waals surface area contributed by atoms with Crippen molar-refractivity contribution in [3.63, 3.8) is 0 Å². The maximum absolute atomic E-state index is 11.3. The highest BCUT2D eigenvalue weighted by Crippen LogP contribution is 2.27. The SMILES string of the molecule is CCc1ccc([N+](C)(C)C)cc1OC(=O)NC. The van der Waals surface area contributed by atoms with Gasteiger partial charge in [-0.05, 0) is 24.1 Å². The molecule has 0 aromatic heterocycles. The fourth-order valence-corrected chi connectivity index (χ4v) is 1.50. The van der Waals surface area contributed by atoms with E-state index < -0.39 is 6.09 Å². The van der Waals surface area contributed by atoms with Crippen molar-refractivity contribution < 1.29 is 9.53 Å². The normalized spacial score (nSPS) is 11.1. The van der Waals surface area contributed by atoms with Gasteiger partial charge in [-0.2, -0.15) is 0 Å². The number of nitrogens with one attached hydrogen (secondary N) is 1. The molecule has 0 aliphatic heterocycles. The summed E-state index contributed by atoms with van der Waals surface area (Å²) in [7, 11) is 7.78. The smallest absolute Gasteiger partial charge is 0.410 e. The summed E-state index contributed by atoms with van der Waals surface area (Å²) in [6.07, 6.45) is 0.405. The van der Waals surface area contributed by atoms with Gasteiger partial charge in [0.2, 0.25) is 0 Å². The molecule has 0 heterocycles. The molecule has 4 nitrogen and oxygen atoms in total. The summed E-state index contributed by atoms with van der Waals surface area (Å²) >= 11 is 0. The van der Waals surface area contributed by atoms with Crippen LogP contribution in [0.3, 0.4) is 0 Å². The van der Waals surface area contributed by atoms with Crippen molar-refractivity contribution >= 4 is 11.8 Å². The molecule has 0 saturated carbocycles. The van der Waals surface area contributed by atoms with Crippen molar-refractivity contribution in [1.82, 2.24) is 9.80 Å². The average Bonchev–Trinajstić information content (AvgIpc) is 2.27. The van der Waals surface area contributed by atoms with Crippen molar-refractivity contribution in [3.8, 4) is 5.75 Å². The number of carbonyl (C=O) groups is 1. The molecular formula is C13H21N2O2+. The van der Waals surface area contributed by atoms with Crippen molar-refractivity contribution in [2.75, 3.05) is 28.2 Å². The van der Waals surface area contributed by atoms with Gasteiger partial charge in [0.15, 0.2) is 0 Å². The van der Waals surface area contributed by atoms with E-state index in [-0.39, 0.29) is 0 Å². The van der Waals surface area contributed by atoms with Gasteiger partial charge in [0.05, 0.1) is 21.1 Å². The fraction of sp³-hybridized carbons (Fsp3) is 0.462. The molecule has 1 amide bonds. The Hall–Kier alpha value is -1.55. The Morgan fingerprint density at radius 1 is 1.35 bits per heavy atom. The molecule has 0 aliphatic rings. The van der Waals surface area contributed by atoms with Crippen LogP contribution in [0.25, 0.3) is 0 Å². The van der Waals surface area contributed by atoms with Crippen molar-refractivity contribution in [1.29, 1.82) is 0 Å². The molecule has 0 unspecified atom stereocenters. The second kappa shape index (κ2) is 5.19. The molecule has 0 aliphatic carbocycles. The Labute approximate surface area is 103 Å². The Kier molecular flexibility index (Phi) is 4.12. The number of hydrogen-bond acceptors (Lipinski definition) is 2. The predicted octanol–water partition coefficient (Wildman–Crippen LogP) is 2.16. The molecule has 1 aromatic carbocycles. The van der Waals surface area contributed by atoms with Crippen LogP contribution < -0.4 is 14.5 Å². The van der Waals surface area contributed by atoms with Crippen LogP contribution in [-0.2, 0) is 6.42 Å². The van der Waals surface area contributed by atoms with E-state index in [0.29, 0.717) is 10.2 Å². The number of aryl methyl sites for hydroxylation is 1. The van der Waals surface area contributed by atoms with Crippen LogP contribution in [0, 0.1) is 0 Å². The Morgan fingerprint density at radius 3 is 2.47 bits per heavy atom. The van der Waals surface area contributed by atoms with E-state index in [9.17, 15) is 4.79 Å². The first-order valence-electron chi connectivity index (χ1n) is 5.73. The second-order valence-electron chi connectivity index (χ2n) is 4.80. The number of carbonyl (C=O) groups excluding carboxylic acids is 1. The van der Waals surface area contributed by atoms with E-state index >= 15 is 0 Å². The molecular weight excluding hydrogens is 216 g/mol. The molecule has 0 bridgehead atoms. The largest absolute Gasteiger partial charge is 0.412 e. The van der Waals surface area contributed by atoms with Crippen LogP contribution in [-0.4, -0.2) is 34.3 Å². The van der Waals surface area contributed by atoms with Crippen LogP contribution >= 0.6 is 0 Å². The van der Waals surface area contributed by atoms with Gasteiger partial charge in [-0.1, -0.05) is 6.92 Å². The van der Waals surface area contributed by atoms with E-state index in [0.717, 1.165) is 17.7 Å². The molecule has 94 valence electrons. The number of benzene rings is 1. The zero-order valence-corrected chi connectivity index (χ0v) is 11.2. The van der Waals surface area contributed by atoms with Crippen molar-refractivity contribution in [2.24, 2.45) is 0 Å². The highest BCUT2D eigenvalue weighted by atomic mass is 16.6. The summed E-state index contributed by atoms with van der Waals surface area (Å²) in [6.45, 7) is 2.04. The van der Waals surface area contributed by atoms with Gasteiger partial charge in [-0.25, -0.2) is 4.79 Å². The van der Waals surface area contributed by atoms with E-state index in [1.54, 1.807) is 7.05 Å². The summed E-state index contributed by atoms with van der Waals surface area (Å²) in [5, 5.41) is 2.46. The maximum atomic E-state index is 11.3. The van der Waals surface area contributed by atoms with Crippen LogP contribution in [0.5, 0.6) is 5.75 Å². The lowest BCUT2D eigenvalue weighted by molar-refractivity contribution is 0.202. The highest BCUT2D eigenvalue weighted by molar-refractivity contribution is 5.71. The summed E-state index contributed by atoms with van der Waals surface area (Å²) in [4.78, 5) is 11.3.